The quantitative estimate of drug-likeness (QED) is 0.733. The van der Waals surface area contributed by atoms with Crippen molar-refractivity contribution < 1.29 is 15.3 Å². The highest BCUT2D eigenvalue weighted by Crippen LogP contribution is 2.18. The summed E-state index contributed by atoms with van der Waals surface area (Å²) in [6.45, 7) is 0. The first-order valence-electron chi connectivity index (χ1n) is 5.97. The number of rotatable bonds is 4. The Kier molecular flexibility index (Phi) is 3.77. The number of amides is 2. The summed E-state index contributed by atoms with van der Waals surface area (Å²) in [5.74, 6) is -0.845. The molecule has 5 heteroatoms. The third kappa shape index (κ3) is 3.29. The van der Waals surface area contributed by atoms with Gasteiger partial charge in [-0.3, -0.25) is 9.59 Å². The van der Waals surface area contributed by atoms with E-state index in [1.54, 1.807) is 0 Å². The van der Waals surface area contributed by atoms with Gasteiger partial charge >= 0.3 is 0 Å². The maximum atomic E-state index is 11.8. The summed E-state index contributed by atoms with van der Waals surface area (Å²) in [7, 11) is 0. The van der Waals surface area contributed by atoms with Gasteiger partial charge in [0, 0.05) is 5.69 Å². The minimum atomic E-state index is -0.677. The molecule has 0 spiro atoms. The molecule has 0 aromatic heterocycles. The molecule has 0 saturated carbocycles. The second-order valence-corrected chi connectivity index (χ2v) is 4.42. The molecule has 19 heavy (non-hydrogen) atoms. The first-order valence-corrected chi connectivity index (χ1v) is 5.97. The fourth-order valence-electron chi connectivity index (χ4n) is 1.85. The molecule has 5 nitrogen and oxygen atoms in total. The van der Waals surface area contributed by atoms with Crippen LogP contribution in [0.1, 0.15) is 6.42 Å². The zero-order valence-corrected chi connectivity index (χ0v) is 10.4. The molecule has 6 N–H and O–H groups in total. The minimum absolute atomic E-state index is 0.0561. The number of carbonyl (C=O) groups is 2. The molecule has 98 valence electrons. The van der Waals surface area contributed by atoms with E-state index < -0.39 is 11.9 Å². The zero-order chi connectivity index (χ0) is 13.8. The van der Waals surface area contributed by atoms with Crippen molar-refractivity contribution in [3.05, 3.63) is 42.5 Å². The van der Waals surface area contributed by atoms with E-state index in [4.69, 9.17) is 5.73 Å². The topological polar surface area (TPSA) is 99.8 Å². The van der Waals surface area contributed by atoms with Gasteiger partial charge in [0.2, 0.25) is 5.91 Å². The number of fused-ring (bicyclic) bond motifs is 1. The molecule has 0 aliphatic carbocycles. The van der Waals surface area contributed by atoms with Gasteiger partial charge in [-0.2, -0.15) is 0 Å². The van der Waals surface area contributed by atoms with Crippen LogP contribution in [0.25, 0.3) is 10.8 Å². The predicted octanol–water partition coefficient (Wildman–Crippen LogP) is 0.264. The van der Waals surface area contributed by atoms with Gasteiger partial charge < -0.3 is 16.8 Å². The molecule has 0 aliphatic rings. The van der Waals surface area contributed by atoms with Gasteiger partial charge in [-0.1, -0.05) is 30.3 Å². The van der Waals surface area contributed by atoms with E-state index in [1.165, 1.54) is 0 Å². The summed E-state index contributed by atoms with van der Waals surface area (Å²) in [6, 6.07) is 12.8. The fraction of sp³-hybridized carbons (Fsp3) is 0.143. The zero-order valence-electron chi connectivity index (χ0n) is 10.4. The van der Waals surface area contributed by atoms with E-state index in [-0.39, 0.29) is 12.3 Å². The summed E-state index contributed by atoms with van der Waals surface area (Å²) in [5.41, 5.74) is 9.35. The lowest BCUT2D eigenvalue weighted by Gasteiger charge is -2.09. The molecule has 0 saturated heterocycles. The van der Waals surface area contributed by atoms with Gasteiger partial charge in [-0.15, -0.1) is 0 Å². The second-order valence-electron chi connectivity index (χ2n) is 4.42. The van der Waals surface area contributed by atoms with E-state index in [9.17, 15) is 9.59 Å². The number of quaternary nitrogens is 1. The van der Waals surface area contributed by atoms with E-state index in [0.717, 1.165) is 10.8 Å². The smallest absolute Gasteiger partial charge is 0.283 e. The number of primary amides is 1. The molecule has 0 heterocycles. The summed E-state index contributed by atoms with van der Waals surface area (Å²) < 4.78 is 0. The van der Waals surface area contributed by atoms with Gasteiger partial charge in [-0.25, -0.2) is 0 Å². The monoisotopic (exact) mass is 258 g/mol. The van der Waals surface area contributed by atoms with E-state index in [1.807, 2.05) is 42.5 Å². The van der Waals surface area contributed by atoms with E-state index >= 15 is 0 Å². The van der Waals surface area contributed by atoms with Crippen molar-refractivity contribution in [2.45, 2.75) is 12.5 Å². The Morgan fingerprint density at radius 2 is 1.84 bits per heavy atom. The summed E-state index contributed by atoms with van der Waals surface area (Å²) in [6.07, 6.45) is -0.0561. The van der Waals surface area contributed by atoms with Gasteiger partial charge in [0.1, 0.15) is 0 Å². The molecular formula is C14H16N3O2+. The number of benzene rings is 2. The first-order chi connectivity index (χ1) is 9.06. The van der Waals surface area contributed by atoms with Crippen LogP contribution in [0.2, 0.25) is 0 Å². The van der Waals surface area contributed by atoms with Crippen LogP contribution >= 0.6 is 0 Å². The van der Waals surface area contributed by atoms with Gasteiger partial charge in [0.15, 0.2) is 6.04 Å². The fourth-order valence-corrected chi connectivity index (χ4v) is 1.85. The van der Waals surface area contributed by atoms with Gasteiger partial charge in [-0.05, 0) is 22.9 Å². The molecule has 1 atom stereocenters. The van der Waals surface area contributed by atoms with Gasteiger partial charge in [0.25, 0.3) is 5.91 Å². The molecule has 2 rings (SSSR count). The lowest BCUT2D eigenvalue weighted by Crippen LogP contribution is -2.67. The molecule has 0 radical (unpaired) electrons. The molecular weight excluding hydrogens is 242 g/mol. The van der Waals surface area contributed by atoms with Crippen molar-refractivity contribution in [1.29, 1.82) is 0 Å². The lowest BCUT2D eigenvalue weighted by molar-refractivity contribution is -0.401. The number of hydrogen-bond donors (Lipinski definition) is 3. The second kappa shape index (κ2) is 5.49. The maximum absolute atomic E-state index is 11.8. The average molecular weight is 258 g/mol. The molecule has 0 fully saturated rings. The Hall–Kier alpha value is -2.40. The Morgan fingerprint density at radius 1 is 1.16 bits per heavy atom. The molecule has 2 aromatic rings. The maximum Gasteiger partial charge on any atom is 0.283 e. The van der Waals surface area contributed by atoms with Crippen molar-refractivity contribution in [2.24, 2.45) is 5.73 Å². The number of hydrogen-bond acceptors (Lipinski definition) is 2. The third-order valence-electron chi connectivity index (χ3n) is 2.84. The van der Waals surface area contributed by atoms with Crippen molar-refractivity contribution >= 4 is 28.3 Å². The summed E-state index contributed by atoms with van der Waals surface area (Å²) in [5, 5.41) is 4.87. The van der Waals surface area contributed by atoms with Crippen LogP contribution in [0.5, 0.6) is 0 Å². The Morgan fingerprint density at radius 3 is 2.53 bits per heavy atom. The largest absolute Gasteiger partial charge is 0.369 e. The van der Waals surface area contributed by atoms with Crippen LogP contribution in [-0.2, 0) is 9.59 Å². The number of nitrogens with two attached hydrogens (primary N) is 1. The van der Waals surface area contributed by atoms with Crippen molar-refractivity contribution in [3.8, 4) is 0 Å². The summed E-state index contributed by atoms with van der Waals surface area (Å²) in [4.78, 5) is 22.5. The molecule has 2 amide bonds. The van der Waals surface area contributed by atoms with Gasteiger partial charge in [0.05, 0.1) is 6.42 Å². The van der Waals surface area contributed by atoms with Crippen LogP contribution in [0, 0.1) is 0 Å². The number of anilines is 1. The minimum Gasteiger partial charge on any atom is -0.369 e. The third-order valence-corrected chi connectivity index (χ3v) is 2.84. The molecule has 2 aromatic carbocycles. The molecule has 0 unspecified atom stereocenters. The molecule has 0 aliphatic heterocycles. The predicted molar refractivity (Wildman–Crippen MR) is 73.1 cm³/mol. The lowest BCUT2D eigenvalue weighted by atomic mass is 10.1. The molecule has 0 bridgehead atoms. The summed E-state index contributed by atoms with van der Waals surface area (Å²) >= 11 is 0. The number of nitrogens with one attached hydrogen (secondary N) is 1. The Bertz CT molecular complexity index is 625. The van der Waals surface area contributed by atoms with E-state index in [2.05, 4.69) is 11.1 Å². The van der Waals surface area contributed by atoms with Crippen molar-refractivity contribution in [1.82, 2.24) is 0 Å². The SMILES string of the molecule is NC(=O)C[C@H]([NH3+])C(=O)Nc1ccc2ccccc2c1. The van der Waals surface area contributed by atoms with Crippen molar-refractivity contribution in [2.75, 3.05) is 5.32 Å². The van der Waals surface area contributed by atoms with Crippen molar-refractivity contribution in [3.63, 3.8) is 0 Å². The van der Waals surface area contributed by atoms with Crippen LogP contribution in [0.4, 0.5) is 5.69 Å². The van der Waals surface area contributed by atoms with E-state index in [0.29, 0.717) is 5.69 Å². The van der Waals surface area contributed by atoms with Crippen LogP contribution < -0.4 is 16.8 Å². The first kappa shape index (κ1) is 13.0. The van der Waals surface area contributed by atoms with Crippen LogP contribution in [0.15, 0.2) is 42.5 Å². The Labute approximate surface area is 110 Å². The highest BCUT2D eigenvalue weighted by Gasteiger charge is 2.19. The highest BCUT2D eigenvalue weighted by molar-refractivity contribution is 5.98. The standard InChI is InChI=1S/C14H15N3O2/c15-12(8-13(16)18)14(19)17-11-6-5-9-3-1-2-4-10(9)7-11/h1-7,12H,8,15H2,(H2,16,18)(H,17,19)/p+1/t12-/m0/s1. The normalized spacial score (nSPS) is 12.1. The van der Waals surface area contributed by atoms with Crippen LogP contribution in [-0.4, -0.2) is 17.9 Å². The average Bonchev–Trinajstić information content (AvgIpc) is 2.37. The Balaban J connectivity index is 2.12. The van der Waals surface area contributed by atoms with Crippen LogP contribution in [0.3, 0.4) is 0 Å². The number of carbonyl (C=O) groups excluding carboxylic acids is 2. The highest BCUT2D eigenvalue weighted by atomic mass is 16.2.